The van der Waals surface area contributed by atoms with Crippen LogP contribution in [0, 0.1) is 56.7 Å². The number of rotatable bonds is 12. The minimum atomic E-state index is -0.408. The molecule has 15 heteroatoms. The van der Waals surface area contributed by atoms with Crippen molar-refractivity contribution in [2.24, 2.45) is 62.4 Å². The summed E-state index contributed by atoms with van der Waals surface area (Å²) in [4.78, 5) is 70.5. The number of carbonyl (C=O) groups is 5. The summed E-state index contributed by atoms with van der Waals surface area (Å²) in [5.41, 5.74) is 7.73. The molecule has 0 bridgehead atoms. The highest BCUT2D eigenvalue weighted by Gasteiger charge is 2.34. The van der Waals surface area contributed by atoms with Gasteiger partial charge in [0.2, 0.25) is 0 Å². The smallest absolute Gasteiger partial charge is 0.410 e. The van der Waals surface area contributed by atoms with Gasteiger partial charge >= 0.3 is 18.2 Å². The van der Waals surface area contributed by atoms with Gasteiger partial charge in [0.05, 0.1) is 5.56 Å². The molecule has 0 aromatic carbocycles. The summed E-state index contributed by atoms with van der Waals surface area (Å²) >= 11 is 0. The van der Waals surface area contributed by atoms with Crippen LogP contribution in [0.15, 0.2) is 49.1 Å². The summed E-state index contributed by atoms with van der Waals surface area (Å²) < 4.78 is 10.9. The number of pyridine rings is 2. The zero-order valence-corrected chi connectivity index (χ0v) is 64.8. The van der Waals surface area contributed by atoms with Crippen LogP contribution in [0.3, 0.4) is 0 Å². The maximum atomic E-state index is 12.1. The van der Waals surface area contributed by atoms with Crippen LogP contribution >= 0.6 is 0 Å². The van der Waals surface area contributed by atoms with E-state index >= 15 is 0 Å². The van der Waals surface area contributed by atoms with Gasteiger partial charge in [0.15, 0.2) is 0 Å². The number of ether oxygens (including phenoxy) is 2. The molecular formula is C80H142N8O7. The summed E-state index contributed by atoms with van der Waals surface area (Å²) in [6.45, 7) is 46.1. The van der Waals surface area contributed by atoms with Crippen LogP contribution < -0.4 is 21.7 Å². The molecule has 2 aromatic rings. The molecule has 0 radical (unpaired) electrons. The second kappa shape index (κ2) is 38.4. The zero-order chi connectivity index (χ0) is 71.8. The number of urea groups is 1. The molecule has 5 aliphatic carbocycles. The van der Waals surface area contributed by atoms with Crippen LogP contribution in [0.5, 0.6) is 0 Å². The van der Waals surface area contributed by atoms with Gasteiger partial charge in [-0.05, 0) is 283 Å². The number of carbonyl (C=O) groups excluding carboxylic acids is 5. The number of nitrogens with one attached hydrogen (secondary N) is 3. The SMILES string of the molecule is CC(C)(C)CC1CCC(NC(=O)c2cccnc2)CC1.CC(C)(C)CC1CCC(NC(=O)c2ccncc2)CC1.CC(C)(C)CC1CCC(NC(N)=O)CC1.CN(C(=O)OC(C)(C)C)C1CCC(CC(C)(C)C)CC1.CN(C(=O)OC(C)(C)C)C1CCC(CC(C)(C)C)CC1. The third-order valence-corrected chi connectivity index (χ3v) is 19.0. The third-order valence-electron chi connectivity index (χ3n) is 19.0. The lowest BCUT2D eigenvalue weighted by molar-refractivity contribution is 0.0155. The molecule has 0 saturated heterocycles. The Labute approximate surface area is 580 Å². The molecule has 0 unspecified atom stereocenters. The summed E-state index contributed by atoms with van der Waals surface area (Å²) in [7, 11) is 3.76. The Morgan fingerprint density at radius 1 is 0.389 bits per heavy atom. The first-order valence-electron chi connectivity index (χ1n) is 37.1. The molecule has 0 atom stereocenters. The topological polar surface area (TPSA) is 198 Å². The van der Waals surface area contributed by atoms with E-state index in [1.54, 1.807) is 52.8 Å². The number of nitrogens with two attached hydrogens (primary N) is 1. The van der Waals surface area contributed by atoms with Crippen LogP contribution in [-0.2, 0) is 9.47 Å². The Balaban J connectivity index is 0.000000311. The molecule has 0 spiro atoms. The van der Waals surface area contributed by atoms with Gasteiger partial charge in [-0.1, -0.05) is 104 Å². The van der Waals surface area contributed by atoms with Crippen molar-refractivity contribution >= 4 is 30.0 Å². The molecule has 5 fully saturated rings. The molecule has 2 aromatic heterocycles. The van der Waals surface area contributed by atoms with E-state index in [4.69, 9.17) is 15.2 Å². The molecule has 2 heterocycles. The van der Waals surface area contributed by atoms with E-state index in [9.17, 15) is 24.0 Å². The second-order valence-electron chi connectivity index (χ2n) is 37.4. The van der Waals surface area contributed by atoms with Gasteiger partial charge in [-0.3, -0.25) is 19.6 Å². The van der Waals surface area contributed by atoms with Crippen molar-refractivity contribution < 1.29 is 33.4 Å². The average molecular weight is 1330 g/mol. The second-order valence-corrected chi connectivity index (χ2v) is 37.4. The number of hydrogen-bond acceptors (Lipinski definition) is 9. The van der Waals surface area contributed by atoms with E-state index in [1.165, 1.54) is 96.3 Å². The van der Waals surface area contributed by atoms with Crippen LogP contribution in [0.2, 0.25) is 0 Å². The van der Waals surface area contributed by atoms with Crippen molar-refractivity contribution in [3.8, 4) is 0 Å². The number of hydrogen-bond donors (Lipinski definition) is 4. The van der Waals surface area contributed by atoms with Gasteiger partial charge in [0.25, 0.3) is 11.8 Å². The van der Waals surface area contributed by atoms with Crippen LogP contribution in [-0.4, -0.2) is 105 Å². The van der Waals surface area contributed by atoms with Crippen LogP contribution in [0.1, 0.15) is 327 Å². The van der Waals surface area contributed by atoms with Crippen molar-refractivity contribution in [2.75, 3.05) is 14.1 Å². The molecule has 15 nitrogen and oxygen atoms in total. The molecule has 95 heavy (non-hydrogen) atoms. The van der Waals surface area contributed by atoms with Gasteiger partial charge in [-0.2, -0.15) is 0 Å². The summed E-state index contributed by atoms with van der Waals surface area (Å²) in [5, 5.41) is 9.10. The molecule has 0 aliphatic heterocycles. The predicted octanol–water partition coefficient (Wildman–Crippen LogP) is 20.0. The molecule has 7 rings (SSSR count). The standard InChI is InChI=1S/2C17H26N2O.2C17H33NO2.C12H24N2O/c1-17(2,3)12-13-4-6-15(7-5-13)19-16(20)14-8-10-18-11-9-14;1-17(2,3)11-13-6-8-15(9-7-13)19-16(20)14-5-4-10-18-12-14;2*1-16(2,3)12-13-8-10-14(11-9-13)18(7)15(19)20-17(4,5)6;1-12(2,3)8-9-4-6-10(7-5-9)14-11(13)15/h8-11,13,15H,4-7,12H2,1-3H3,(H,19,20);4-5,10,12-13,15H,6-9,11H2,1-3H3,(H,19,20);2*13-14H,8-12H2,1-7H3;9-10H,4-8H2,1-3H3,(H3,13,14,15). The first-order valence-corrected chi connectivity index (χ1v) is 37.1. The van der Waals surface area contributed by atoms with Gasteiger partial charge < -0.3 is 41.0 Å². The van der Waals surface area contributed by atoms with Crippen molar-refractivity contribution in [1.29, 1.82) is 0 Å². The largest absolute Gasteiger partial charge is 0.444 e. The lowest BCUT2D eigenvalue weighted by Gasteiger charge is -2.37. The Hall–Kier alpha value is -4.95. The van der Waals surface area contributed by atoms with E-state index in [1.807, 2.05) is 61.7 Å². The van der Waals surface area contributed by atoms with Crippen molar-refractivity contribution in [3.63, 3.8) is 0 Å². The summed E-state index contributed by atoms with van der Waals surface area (Å²) in [5.74, 6) is 4.15. The maximum absolute atomic E-state index is 12.1. The average Bonchev–Trinajstić information content (AvgIpc) is 1.00. The summed E-state index contributed by atoms with van der Waals surface area (Å²) in [6, 6.07) is 8.45. The quantitative estimate of drug-likeness (QED) is 0.160. The third kappa shape index (κ3) is 38.7. The fourth-order valence-electron chi connectivity index (χ4n) is 15.0. The maximum Gasteiger partial charge on any atom is 0.410 e. The molecule has 5 aliphatic rings. The van der Waals surface area contributed by atoms with E-state index in [-0.39, 0.29) is 30.0 Å². The minimum absolute atomic E-state index is 0.0115. The Bertz CT molecular complexity index is 2360. The van der Waals surface area contributed by atoms with E-state index in [0.29, 0.717) is 68.4 Å². The van der Waals surface area contributed by atoms with E-state index in [2.05, 4.69) is 130 Å². The summed E-state index contributed by atoms with van der Waals surface area (Å²) in [6.07, 6.45) is 36.0. The van der Waals surface area contributed by atoms with Crippen molar-refractivity contribution in [3.05, 3.63) is 60.2 Å². The first kappa shape index (κ1) is 84.3. The van der Waals surface area contributed by atoms with E-state index < -0.39 is 11.2 Å². The Morgan fingerprint density at radius 3 is 0.916 bits per heavy atom. The monoisotopic (exact) mass is 1330 g/mol. The first-order chi connectivity index (χ1) is 43.7. The zero-order valence-electron chi connectivity index (χ0n) is 64.8. The normalized spacial score (nSPS) is 24.4. The van der Waals surface area contributed by atoms with Crippen LogP contribution in [0.4, 0.5) is 14.4 Å². The van der Waals surface area contributed by atoms with Gasteiger partial charge in [-0.15, -0.1) is 0 Å². The molecular weight excluding hydrogens is 1180 g/mol. The molecule has 6 amide bonds. The van der Waals surface area contributed by atoms with Crippen molar-refractivity contribution in [1.82, 2.24) is 35.7 Å². The predicted molar refractivity (Wildman–Crippen MR) is 393 cm³/mol. The fraction of sp³-hybridized carbons (Fsp3) is 0.812. The molecule has 5 N–H and O–H groups in total. The fourth-order valence-corrected chi connectivity index (χ4v) is 15.0. The van der Waals surface area contributed by atoms with Crippen LogP contribution in [0.25, 0.3) is 0 Å². The number of amides is 6. The molecule has 544 valence electrons. The number of aromatic nitrogens is 2. The Morgan fingerprint density at radius 2 is 0.663 bits per heavy atom. The highest BCUT2D eigenvalue weighted by molar-refractivity contribution is 5.94. The van der Waals surface area contributed by atoms with Gasteiger partial charge in [0.1, 0.15) is 11.2 Å². The Kier molecular flexibility index (Phi) is 34.1. The minimum Gasteiger partial charge on any atom is -0.444 e. The highest BCUT2D eigenvalue weighted by Crippen LogP contribution is 2.40. The lowest BCUT2D eigenvalue weighted by Crippen LogP contribution is -2.42. The number of nitrogens with zero attached hydrogens (tertiary/aromatic N) is 4. The van der Waals surface area contributed by atoms with Gasteiger partial charge in [0, 0.05) is 74.7 Å². The number of primary amides is 1. The van der Waals surface area contributed by atoms with Crippen molar-refractivity contribution in [2.45, 2.75) is 347 Å². The van der Waals surface area contributed by atoms with Gasteiger partial charge in [-0.25, -0.2) is 14.4 Å². The van der Waals surface area contributed by atoms with E-state index in [0.717, 1.165) is 93.8 Å². The molecule has 5 saturated carbocycles. The lowest BCUT2D eigenvalue weighted by atomic mass is 9.76. The highest BCUT2D eigenvalue weighted by atomic mass is 16.6.